The van der Waals surface area contributed by atoms with Gasteiger partial charge in [-0.2, -0.15) is 0 Å². The fourth-order valence-corrected chi connectivity index (χ4v) is 6.22. The van der Waals surface area contributed by atoms with Crippen molar-refractivity contribution in [1.82, 2.24) is 19.8 Å². The lowest BCUT2D eigenvalue weighted by Gasteiger charge is -2.40. The number of anilines is 1. The van der Waals surface area contributed by atoms with Gasteiger partial charge in [-0.25, -0.2) is 9.59 Å². The van der Waals surface area contributed by atoms with Crippen molar-refractivity contribution in [2.75, 3.05) is 31.5 Å². The van der Waals surface area contributed by atoms with E-state index in [0.29, 0.717) is 18.7 Å². The third-order valence-electron chi connectivity index (χ3n) is 8.38. The van der Waals surface area contributed by atoms with Crippen LogP contribution < -0.4 is 16.3 Å². The van der Waals surface area contributed by atoms with E-state index in [1.807, 2.05) is 84.3 Å². The summed E-state index contributed by atoms with van der Waals surface area (Å²) in [5.74, 6) is 0. The number of aromatic amines is 1. The van der Waals surface area contributed by atoms with Crippen LogP contribution in [0.3, 0.4) is 0 Å². The number of aliphatic hydroxyl groups is 1. The molecule has 10 nitrogen and oxygen atoms in total. The number of ether oxygens (including phenoxy) is 2. The topological polar surface area (TPSA) is 121 Å². The zero-order chi connectivity index (χ0) is 29.8. The fourth-order valence-electron chi connectivity index (χ4n) is 6.22. The predicted octanol–water partition coefficient (Wildman–Crippen LogP) is 4.85. The lowest BCUT2D eigenvalue weighted by atomic mass is 9.98. The van der Waals surface area contributed by atoms with Gasteiger partial charge in [-0.1, -0.05) is 48.5 Å². The lowest BCUT2D eigenvalue weighted by Crippen LogP contribution is -2.43. The van der Waals surface area contributed by atoms with Crippen molar-refractivity contribution in [3.63, 3.8) is 0 Å². The Morgan fingerprint density at radius 3 is 2.56 bits per heavy atom. The predicted molar refractivity (Wildman–Crippen MR) is 165 cm³/mol. The monoisotopic (exact) mass is 585 g/mol. The van der Waals surface area contributed by atoms with E-state index in [0.717, 1.165) is 60.2 Å². The normalized spacial score (nSPS) is 21.6. The maximum atomic E-state index is 12.8. The Kier molecular flexibility index (Phi) is 8.90. The van der Waals surface area contributed by atoms with Crippen LogP contribution in [0.25, 0.3) is 11.0 Å². The number of urea groups is 1. The summed E-state index contributed by atoms with van der Waals surface area (Å²) in [6.07, 6.45) is 1.56. The first-order valence-electron chi connectivity index (χ1n) is 15.1. The van der Waals surface area contributed by atoms with E-state index >= 15 is 0 Å². The number of amides is 2. The first-order chi connectivity index (χ1) is 21.0. The molecule has 1 aromatic heterocycles. The van der Waals surface area contributed by atoms with Crippen molar-refractivity contribution in [2.45, 2.75) is 57.3 Å². The second-order valence-electron chi connectivity index (χ2n) is 11.3. The van der Waals surface area contributed by atoms with Gasteiger partial charge >= 0.3 is 11.7 Å². The smallest absolute Gasteiger partial charge is 0.326 e. The summed E-state index contributed by atoms with van der Waals surface area (Å²) in [4.78, 5) is 30.3. The Morgan fingerprint density at radius 1 is 1.00 bits per heavy atom. The molecule has 0 spiro atoms. The highest BCUT2D eigenvalue weighted by Gasteiger charge is 2.34. The molecule has 2 fully saturated rings. The first kappa shape index (κ1) is 29.1. The molecule has 4 N–H and O–H groups in total. The Hall–Kier alpha value is -3.96. The van der Waals surface area contributed by atoms with Crippen LogP contribution in [0, 0.1) is 0 Å². The van der Waals surface area contributed by atoms with Crippen LogP contribution in [0.1, 0.15) is 61.3 Å². The number of nitrogens with one attached hydrogen (secondary N) is 3. The number of hydrogen-bond donors (Lipinski definition) is 4. The fraction of sp³-hybridized carbons (Fsp3) is 0.394. The Morgan fingerprint density at radius 2 is 1.79 bits per heavy atom. The van der Waals surface area contributed by atoms with Gasteiger partial charge in [-0.15, -0.1) is 0 Å². The summed E-state index contributed by atoms with van der Waals surface area (Å²) in [6, 6.07) is 23.2. The molecule has 2 saturated heterocycles. The zero-order valence-electron chi connectivity index (χ0n) is 24.4. The van der Waals surface area contributed by atoms with E-state index in [-0.39, 0.29) is 36.6 Å². The summed E-state index contributed by atoms with van der Waals surface area (Å²) in [6.45, 7) is 4.88. The number of aromatic nitrogens is 2. The quantitative estimate of drug-likeness (QED) is 0.235. The van der Waals surface area contributed by atoms with Gasteiger partial charge < -0.3 is 35.1 Å². The molecule has 2 aliphatic heterocycles. The molecule has 4 aromatic rings. The van der Waals surface area contributed by atoms with Gasteiger partial charge in [0.15, 0.2) is 6.29 Å². The molecule has 43 heavy (non-hydrogen) atoms. The first-order valence-corrected chi connectivity index (χ1v) is 15.1. The van der Waals surface area contributed by atoms with E-state index in [1.165, 1.54) is 0 Å². The van der Waals surface area contributed by atoms with Crippen molar-refractivity contribution in [1.29, 1.82) is 0 Å². The van der Waals surface area contributed by atoms with E-state index in [9.17, 15) is 14.7 Å². The van der Waals surface area contributed by atoms with Crippen LogP contribution in [0.4, 0.5) is 10.5 Å². The van der Waals surface area contributed by atoms with Gasteiger partial charge in [-0.3, -0.25) is 4.57 Å². The van der Waals surface area contributed by atoms with Gasteiger partial charge in [-0.05, 0) is 55.2 Å². The maximum Gasteiger partial charge on any atom is 0.326 e. The summed E-state index contributed by atoms with van der Waals surface area (Å²) in [7, 11) is 0. The van der Waals surface area contributed by atoms with E-state index in [2.05, 4.69) is 20.5 Å². The third-order valence-corrected chi connectivity index (χ3v) is 8.38. The molecule has 3 aromatic carbocycles. The lowest BCUT2D eigenvalue weighted by molar-refractivity contribution is -0.253. The molecule has 0 unspecified atom stereocenters. The maximum absolute atomic E-state index is 12.8. The number of likely N-dealkylation sites (tertiary alicyclic amines) is 1. The number of aliphatic hydroxyl groups excluding tert-OH is 1. The Bertz CT molecular complexity index is 1590. The number of imidazole rings is 1. The second-order valence-corrected chi connectivity index (χ2v) is 11.3. The molecule has 0 aliphatic carbocycles. The van der Waals surface area contributed by atoms with Crippen molar-refractivity contribution in [2.24, 2.45) is 0 Å². The van der Waals surface area contributed by atoms with Crippen LogP contribution in [-0.2, 0) is 16.1 Å². The number of rotatable bonds is 8. The molecule has 3 heterocycles. The molecular weight excluding hydrogens is 546 g/mol. The number of benzene rings is 3. The van der Waals surface area contributed by atoms with Crippen LogP contribution in [0.2, 0.25) is 0 Å². The molecule has 2 aliphatic rings. The van der Waals surface area contributed by atoms with E-state index < -0.39 is 6.29 Å². The largest absolute Gasteiger partial charge is 0.392 e. The minimum atomic E-state index is -0.611. The minimum absolute atomic E-state index is 0.00775. The Balaban J connectivity index is 1.17. The number of piperidine rings is 1. The average molecular weight is 586 g/mol. The summed E-state index contributed by atoms with van der Waals surface area (Å²) >= 11 is 0. The number of para-hydroxylation sites is 2. The number of H-pyrrole nitrogens is 1. The van der Waals surface area contributed by atoms with E-state index in [4.69, 9.17) is 9.47 Å². The number of nitrogens with zero attached hydrogens (tertiary/aromatic N) is 2. The summed E-state index contributed by atoms with van der Waals surface area (Å²) in [5, 5.41) is 15.1. The number of carbonyl (C=O) groups excluding carboxylic acids is 1. The van der Waals surface area contributed by atoms with Crippen molar-refractivity contribution < 1.29 is 19.4 Å². The van der Waals surface area contributed by atoms with Crippen LogP contribution in [0.5, 0.6) is 0 Å². The molecule has 0 bridgehead atoms. The van der Waals surface area contributed by atoms with Crippen molar-refractivity contribution in [3.8, 4) is 0 Å². The SMILES string of the molecule is CCNC(=O)Nc1cccc([C@H]2O[C@@H](CN3CCC(n4c(=O)[nH]c5ccccc54)CC3)C[C@@H](c3ccc(CO)cc3)O2)c1. The number of carbonyl (C=O) groups is 1. The molecular formula is C33H39N5O5. The molecule has 0 saturated carbocycles. The summed E-state index contributed by atoms with van der Waals surface area (Å²) < 4.78 is 15.0. The highest BCUT2D eigenvalue weighted by molar-refractivity contribution is 5.89. The Labute approximate surface area is 250 Å². The number of fused-ring (bicyclic) bond motifs is 1. The highest BCUT2D eigenvalue weighted by atomic mass is 16.7. The van der Waals surface area contributed by atoms with Crippen LogP contribution in [-0.4, -0.2) is 57.9 Å². The van der Waals surface area contributed by atoms with Crippen LogP contribution in [0.15, 0.2) is 77.6 Å². The third kappa shape index (κ3) is 6.67. The molecule has 3 atom stereocenters. The van der Waals surface area contributed by atoms with E-state index in [1.54, 1.807) is 0 Å². The minimum Gasteiger partial charge on any atom is -0.392 e. The molecule has 0 radical (unpaired) electrons. The van der Waals surface area contributed by atoms with Gasteiger partial charge in [0.05, 0.1) is 29.8 Å². The number of hydrogen-bond acceptors (Lipinski definition) is 6. The van der Waals surface area contributed by atoms with Gasteiger partial charge in [0.25, 0.3) is 0 Å². The van der Waals surface area contributed by atoms with Crippen molar-refractivity contribution in [3.05, 3.63) is 100.0 Å². The van der Waals surface area contributed by atoms with Crippen LogP contribution >= 0.6 is 0 Å². The summed E-state index contributed by atoms with van der Waals surface area (Å²) in [5.41, 5.74) is 5.16. The van der Waals surface area contributed by atoms with Crippen molar-refractivity contribution >= 4 is 22.8 Å². The van der Waals surface area contributed by atoms with Gasteiger partial charge in [0, 0.05) is 49.9 Å². The molecule has 10 heteroatoms. The van der Waals surface area contributed by atoms with Gasteiger partial charge in [0.2, 0.25) is 0 Å². The molecule has 6 rings (SSSR count). The second kappa shape index (κ2) is 13.1. The molecule has 226 valence electrons. The van der Waals surface area contributed by atoms with Gasteiger partial charge in [0.1, 0.15) is 0 Å². The zero-order valence-corrected chi connectivity index (χ0v) is 24.4. The molecule has 2 amide bonds. The highest BCUT2D eigenvalue weighted by Crippen LogP contribution is 2.39. The average Bonchev–Trinajstić information content (AvgIpc) is 3.37. The standard InChI is InChI=1S/C33H39N5O5/c1-2-34-32(40)35-25-7-5-6-24(18-25)31-42-27(19-30(43-31)23-12-10-22(21-39)11-13-23)20-37-16-14-26(15-17-37)38-29-9-4-3-8-28(29)36-33(38)41/h3-13,18,26-27,30-31,39H,2,14-17,19-21H2,1H3,(H,36,41)(H2,34,35,40)/t27-,30+,31+/m1/s1.